The molecule has 2 N–H and O–H groups in total. The van der Waals surface area contributed by atoms with Crippen LogP contribution >= 0.6 is 11.3 Å². The molecule has 0 saturated carbocycles. The van der Waals surface area contributed by atoms with Gasteiger partial charge in [0, 0.05) is 24.0 Å². The lowest BCUT2D eigenvalue weighted by Gasteiger charge is -2.29. The van der Waals surface area contributed by atoms with Crippen LogP contribution < -0.4 is 5.73 Å². The van der Waals surface area contributed by atoms with Gasteiger partial charge < -0.3 is 5.73 Å². The van der Waals surface area contributed by atoms with Crippen LogP contribution in [0.15, 0.2) is 17.5 Å². The van der Waals surface area contributed by atoms with Gasteiger partial charge in [-0.2, -0.15) is 0 Å². The third-order valence-corrected chi connectivity index (χ3v) is 5.14. The molecule has 0 aliphatic heterocycles. The molecule has 0 bridgehead atoms. The van der Waals surface area contributed by atoms with E-state index in [0.717, 1.165) is 19.6 Å². The van der Waals surface area contributed by atoms with E-state index in [2.05, 4.69) is 36.3 Å². The molecule has 0 spiro atoms. The van der Waals surface area contributed by atoms with Crippen LogP contribution in [0.2, 0.25) is 0 Å². The van der Waals surface area contributed by atoms with Gasteiger partial charge in [0.1, 0.15) is 0 Å². The standard InChI is InChI=1S/C18H34N2S/c1-3-5-6-7-8-9-10-12-17(15-19)20(4-2)16-18-13-11-14-21-18/h11,13-14,17H,3-10,12,15-16,19H2,1-2H3. The van der Waals surface area contributed by atoms with E-state index in [0.29, 0.717) is 6.04 Å². The second kappa shape index (κ2) is 12.2. The van der Waals surface area contributed by atoms with E-state index in [1.807, 2.05) is 11.3 Å². The third-order valence-electron chi connectivity index (χ3n) is 4.27. The van der Waals surface area contributed by atoms with Crippen LogP contribution in [0.3, 0.4) is 0 Å². The maximum atomic E-state index is 6.02. The number of hydrogen-bond acceptors (Lipinski definition) is 3. The highest BCUT2D eigenvalue weighted by Crippen LogP contribution is 2.17. The molecule has 122 valence electrons. The molecule has 0 radical (unpaired) electrons. The van der Waals surface area contributed by atoms with Gasteiger partial charge in [-0.15, -0.1) is 11.3 Å². The van der Waals surface area contributed by atoms with E-state index in [4.69, 9.17) is 5.73 Å². The summed E-state index contributed by atoms with van der Waals surface area (Å²) in [5.41, 5.74) is 6.02. The zero-order chi connectivity index (χ0) is 15.3. The van der Waals surface area contributed by atoms with Crippen LogP contribution in [0.1, 0.15) is 70.1 Å². The number of thiophene rings is 1. The molecule has 0 saturated heterocycles. The molecule has 0 fully saturated rings. The molecular formula is C18H34N2S. The summed E-state index contributed by atoms with van der Waals surface area (Å²) in [5.74, 6) is 0. The monoisotopic (exact) mass is 310 g/mol. The number of nitrogens with two attached hydrogens (primary N) is 1. The van der Waals surface area contributed by atoms with Crippen molar-refractivity contribution in [3.8, 4) is 0 Å². The van der Waals surface area contributed by atoms with Crippen molar-refractivity contribution in [2.45, 2.75) is 77.8 Å². The summed E-state index contributed by atoms with van der Waals surface area (Å²) in [6, 6.07) is 4.92. The quantitative estimate of drug-likeness (QED) is 0.517. The zero-order valence-electron chi connectivity index (χ0n) is 14.0. The van der Waals surface area contributed by atoms with Gasteiger partial charge in [-0.05, 0) is 24.4 Å². The van der Waals surface area contributed by atoms with Gasteiger partial charge >= 0.3 is 0 Å². The first-order valence-electron chi connectivity index (χ1n) is 8.78. The zero-order valence-corrected chi connectivity index (χ0v) is 14.8. The predicted molar refractivity (Wildman–Crippen MR) is 95.9 cm³/mol. The van der Waals surface area contributed by atoms with E-state index in [1.165, 1.54) is 56.2 Å². The third kappa shape index (κ3) is 7.98. The molecule has 1 unspecified atom stereocenters. The van der Waals surface area contributed by atoms with Gasteiger partial charge in [-0.3, -0.25) is 4.90 Å². The van der Waals surface area contributed by atoms with Crippen molar-refractivity contribution in [3.63, 3.8) is 0 Å². The van der Waals surface area contributed by atoms with Crippen molar-refractivity contribution in [2.24, 2.45) is 5.73 Å². The minimum absolute atomic E-state index is 0.549. The van der Waals surface area contributed by atoms with Crippen molar-refractivity contribution >= 4 is 11.3 Å². The molecule has 0 aliphatic carbocycles. The van der Waals surface area contributed by atoms with E-state index in [9.17, 15) is 0 Å². The smallest absolute Gasteiger partial charge is 0.0331 e. The average molecular weight is 311 g/mol. The fourth-order valence-corrected chi connectivity index (χ4v) is 3.62. The molecule has 1 rings (SSSR count). The van der Waals surface area contributed by atoms with E-state index in [-0.39, 0.29) is 0 Å². The van der Waals surface area contributed by atoms with Gasteiger partial charge in [-0.1, -0.05) is 64.9 Å². The van der Waals surface area contributed by atoms with E-state index < -0.39 is 0 Å². The summed E-state index contributed by atoms with van der Waals surface area (Å²) in [5, 5.41) is 2.16. The molecule has 1 heterocycles. The lowest BCUT2D eigenvalue weighted by molar-refractivity contribution is 0.190. The number of likely N-dealkylation sites (N-methyl/N-ethyl adjacent to an activating group) is 1. The van der Waals surface area contributed by atoms with Gasteiger partial charge in [0.15, 0.2) is 0 Å². The fraction of sp³-hybridized carbons (Fsp3) is 0.778. The van der Waals surface area contributed by atoms with Gasteiger partial charge in [0.25, 0.3) is 0 Å². The van der Waals surface area contributed by atoms with E-state index >= 15 is 0 Å². The Hall–Kier alpha value is -0.380. The van der Waals surface area contributed by atoms with Crippen LogP contribution in [-0.4, -0.2) is 24.0 Å². The lowest BCUT2D eigenvalue weighted by atomic mass is 10.0. The van der Waals surface area contributed by atoms with Crippen LogP contribution in [0.25, 0.3) is 0 Å². The second-order valence-electron chi connectivity index (χ2n) is 5.94. The van der Waals surface area contributed by atoms with Gasteiger partial charge in [0.05, 0.1) is 0 Å². The Bertz CT molecular complexity index is 324. The maximum absolute atomic E-state index is 6.02. The SMILES string of the molecule is CCCCCCCCCC(CN)N(CC)Cc1cccs1. The van der Waals surface area contributed by atoms with Crippen molar-refractivity contribution in [1.29, 1.82) is 0 Å². The van der Waals surface area contributed by atoms with Crippen LogP contribution in [0.5, 0.6) is 0 Å². The minimum atomic E-state index is 0.549. The molecule has 2 nitrogen and oxygen atoms in total. The number of rotatable bonds is 13. The predicted octanol–water partition coefficient (Wildman–Crippen LogP) is 5.04. The van der Waals surface area contributed by atoms with Crippen LogP contribution in [0, 0.1) is 0 Å². The summed E-state index contributed by atoms with van der Waals surface area (Å²) >= 11 is 1.85. The Labute approximate surface area is 135 Å². The summed E-state index contributed by atoms with van der Waals surface area (Å²) in [6.07, 6.45) is 10.9. The van der Waals surface area contributed by atoms with E-state index in [1.54, 1.807) is 0 Å². The topological polar surface area (TPSA) is 29.3 Å². The number of nitrogens with zero attached hydrogens (tertiary/aromatic N) is 1. The number of unbranched alkanes of at least 4 members (excludes halogenated alkanes) is 6. The van der Waals surface area contributed by atoms with Crippen molar-refractivity contribution in [2.75, 3.05) is 13.1 Å². The Morgan fingerprint density at radius 1 is 1.10 bits per heavy atom. The Kier molecular flexibility index (Phi) is 10.8. The largest absolute Gasteiger partial charge is 0.329 e. The molecule has 1 atom stereocenters. The van der Waals surface area contributed by atoms with Crippen molar-refractivity contribution in [3.05, 3.63) is 22.4 Å². The minimum Gasteiger partial charge on any atom is -0.329 e. The van der Waals surface area contributed by atoms with Crippen molar-refractivity contribution < 1.29 is 0 Å². The molecule has 1 aromatic heterocycles. The second-order valence-corrected chi connectivity index (χ2v) is 6.97. The maximum Gasteiger partial charge on any atom is 0.0331 e. The van der Waals surface area contributed by atoms with Gasteiger partial charge in [0.2, 0.25) is 0 Å². The first-order valence-corrected chi connectivity index (χ1v) is 9.66. The number of hydrogen-bond donors (Lipinski definition) is 1. The van der Waals surface area contributed by atoms with Gasteiger partial charge in [-0.25, -0.2) is 0 Å². The molecular weight excluding hydrogens is 276 g/mol. The highest BCUT2D eigenvalue weighted by Gasteiger charge is 2.15. The summed E-state index contributed by atoms with van der Waals surface area (Å²) in [6.45, 7) is 7.47. The highest BCUT2D eigenvalue weighted by molar-refractivity contribution is 7.09. The first kappa shape index (κ1) is 18.7. The normalized spacial score (nSPS) is 13.0. The summed E-state index contributed by atoms with van der Waals surface area (Å²) in [7, 11) is 0. The molecule has 1 aromatic rings. The molecule has 0 amide bonds. The average Bonchev–Trinajstić information content (AvgIpc) is 3.01. The molecule has 0 aromatic carbocycles. The fourth-order valence-electron chi connectivity index (χ4n) is 2.89. The Morgan fingerprint density at radius 2 is 1.81 bits per heavy atom. The Balaban J connectivity index is 2.22. The summed E-state index contributed by atoms with van der Waals surface area (Å²) in [4.78, 5) is 4.00. The molecule has 0 aliphatic rings. The van der Waals surface area contributed by atoms with Crippen LogP contribution in [0.4, 0.5) is 0 Å². The molecule has 3 heteroatoms. The lowest BCUT2D eigenvalue weighted by Crippen LogP contribution is -2.39. The summed E-state index contributed by atoms with van der Waals surface area (Å²) < 4.78 is 0. The van der Waals surface area contributed by atoms with Crippen molar-refractivity contribution in [1.82, 2.24) is 4.90 Å². The first-order chi connectivity index (χ1) is 10.3. The van der Waals surface area contributed by atoms with Crippen LogP contribution in [-0.2, 0) is 6.54 Å². The Morgan fingerprint density at radius 3 is 2.38 bits per heavy atom. The molecule has 21 heavy (non-hydrogen) atoms. The highest BCUT2D eigenvalue weighted by atomic mass is 32.1.